The highest BCUT2D eigenvalue weighted by molar-refractivity contribution is 5.55. The van der Waals surface area contributed by atoms with E-state index in [1.165, 1.54) is 5.56 Å². The van der Waals surface area contributed by atoms with Gasteiger partial charge in [-0.15, -0.1) is 0 Å². The molecule has 2 N–H and O–H groups in total. The molecule has 1 fully saturated rings. The van der Waals surface area contributed by atoms with Crippen LogP contribution in [0.3, 0.4) is 0 Å². The fraction of sp³-hybridized carbons (Fsp3) is 0.455. The Balaban J connectivity index is 1.39. The minimum atomic E-state index is -0.306. The first kappa shape index (κ1) is 20.3. The number of β-amino-alcohol motifs (C(OH)–C–C–N with tert-alkyl or cyclic N) is 1. The van der Waals surface area contributed by atoms with E-state index < -0.39 is 0 Å². The Morgan fingerprint density at radius 1 is 1.17 bits per heavy atom. The number of rotatable bonds is 5. The van der Waals surface area contributed by atoms with Crippen molar-refractivity contribution >= 4 is 11.8 Å². The summed E-state index contributed by atoms with van der Waals surface area (Å²) in [5.41, 5.74) is 2.28. The van der Waals surface area contributed by atoms with Crippen LogP contribution in [0.5, 0.6) is 0 Å². The van der Waals surface area contributed by atoms with Crippen LogP contribution in [0.4, 0.5) is 11.8 Å². The second-order valence-electron chi connectivity index (χ2n) is 8.67. The van der Waals surface area contributed by atoms with Crippen LogP contribution in [-0.2, 0) is 12.0 Å². The summed E-state index contributed by atoms with van der Waals surface area (Å²) in [6.45, 7) is 8.37. The Kier molecular flexibility index (Phi) is 5.67. The maximum Gasteiger partial charge on any atom is 0.246 e. The Morgan fingerprint density at radius 2 is 1.97 bits per heavy atom. The molecule has 0 radical (unpaired) electrons. The van der Waals surface area contributed by atoms with Gasteiger partial charge < -0.3 is 19.8 Å². The van der Waals surface area contributed by atoms with Crippen LogP contribution < -0.4 is 10.2 Å². The molecule has 8 nitrogen and oxygen atoms in total. The molecule has 1 unspecified atom stereocenters. The number of nitrogens with zero attached hydrogens (tertiary/aromatic N) is 5. The van der Waals surface area contributed by atoms with E-state index in [2.05, 4.69) is 63.2 Å². The van der Waals surface area contributed by atoms with E-state index in [-0.39, 0.29) is 11.5 Å². The fourth-order valence-corrected chi connectivity index (χ4v) is 3.49. The van der Waals surface area contributed by atoms with Crippen LogP contribution in [0.25, 0.3) is 11.4 Å². The van der Waals surface area contributed by atoms with Gasteiger partial charge in [-0.2, -0.15) is 9.97 Å². The molecule has 0 aliphatic carbocycles. The molecule has 1 atom stereocenters. The minimum absolute atomic E-state index is 0.103. The van der Waals surface area contributed by atoms with Gasteiger partial charge in [0.05, 0.1) is 12.6 Å². The molecule has 8 heteroatoms. The summed E-state index contributed by atoms with van der Waals surface area (Å²) in [5, 5.41) is 17.1. The minimum Gasteiger partial charge on any atom is -0.391 e. The van der Waals surface area contributed by atoms with Gasteiger partial charge >= 0.3 is 0 Å². The van der Waals surface area contributed by atoms with Crippen molar-refractivity contribution in [2.24, 2.45) is 0 Å². The molecule has 30 heavy (non-hydrogen) atoms. The molecule has 3 heterocycles. The molecule has 1 aromatic carbocycles. The van der Waals surface area contributed by atoms with Crippen LogP contribution in [0.15, 0.2) is 41.1 Å². The summed E-state index contributed by atoms with van der Waals surface area (Å²) in [5.74, 6) is 2.31. The second kappa shape index (κ2) is 8.39. The predicted molar refractivity (Wildman–Crippen MR) is 115 cm³/mol. The first-order chi connectivity index (χ1) is 14.4. The summed E-state index contributed by atoms with van der Waals surface area (Å²) >= 11 is 0. The number of aliphatic hydroxyl groups is 1. The lowest BCUT2D eigenvalue weighted by Crippen LogP contribution is -2.38. The summed E-state index contributed by atoms with van der Waals surface area (Å²) in [6, 6.07) is 10.1. The van der Waals surface area contributed by atoms with Gasteiger partial charge in [-0.05, 0) is 29.9 Å². The van der Waals surface area contributed by atoms with Crippen LogP contribution in [0.2, 0.25) is 0 Å². The van der Waals surface area contributed by atoms with E-state index in [0.717, 1.165) is 30.8 Å². The van der Waals surface area contributed by atoms with Gasteiger partial charge in [0.2, 0.25) is 17.7 Å². The zero-order valence-electron chi connectivity index (χ0n) is 17.7. The van der Waals surface area contributed by atoms with Crippen molar-refractivity contribution in [3.63, 3.8) is 0 Å². The monoisotopic (exact) mass is 408 g/mol. The summed E-state index contributed by atoms with van der Waals surface area (Å²) in [4.78, 5) is 15.4. The smallest absolute Gasteiger partial charge is 0.246 e. The second-order valence-corrected chi connectivity index (χ2v) is 8.67. The van der Waals surface area contributed by atoms with E-state index in [4.69, 9.17) is 4.52 Å². The molecule has 4 rings (SSSR count). The SMILES string of the molecule is CC(C)(C)c1ccc(-c2noc(CNc3nccc(N4CCCC(O)C4)n3)n2)cc1. The molecule has 2 aromatic heterocycles. The highest BCUT2D eigenvalue weighted by Crippen LogP contribution is 2.25. The zero-order valence-corrected chi connectivity index (χ0v) is 17.7. The van der Waals surface area contributed by atoms with Gasteiger partial charge in [-0.25, -0.2) is 4.98 Å². The normalized spacial score (nSPS) is 17.2. The van der Waals surface area contributed by atoms with Crippen molar-refractivity contribution in [2.45, 2.75) is 51.7 Å². The number of hydrogen-bond acceptors (Lipinski definition) is 8. The third-order valence-electron chi connectivity index (χ3n) is 5.24. The van der Waals surface area contributed by atoms with Crippen molar-refractivity contribution in [3.8, 4) is 11.4 Å². The zero-order chi connectivity index (χ0) is 21.1. The Labute approximate surface area is 176 Å². The first-order valence-electron chi connectivity index (χ1n) is 10.3. The van der Waals surface area contributed by atoms with Crippen molar-refractivity contribution in [1.82, 2.24) is 20.1 Å². The Morgan fingerprint density at radius 3 is 2.70 bits per heavy atom. The Bertz CT molecular complexity index is 980. The number of anilines is 2. The molecule has 0 saturated carbocycles. The maximum atomic E-state index is 9.89. The summed E-state index contributed by atoms with van der Waals surface area (Å²) < 4.78 is 5.38. The number of piperidine rings is 1. The van der Waals surface area contributed by atoms with E-state index in [1.807, 2.05) is 18.2 Å². The van der Waals surface area contributed by atoms with Crippen molar-refractivity contribution in [2.75, 3.05) is 23.3 Å². The molecule has 158 valence electrons. The van der Waals surface area contributed by atoms with Gasteiger partial charge in [0.25, 0.3) is 0 Å². The molecular weight excluding hydrogens is 380 g/mol. The van der Waals surface area contributed by atoms with Crippen LogP contribution in [-0.4, -0.2) is 44.4 Å². The van der Waals surface area contributed by atoms with Gasteiger partial charge in [-0.1, -0.05) is 50.2 Å². The van der Waals surface area contributed by atoms with Crippen LogP contribution in [0.1, 0.15) is 45.1 Å². The van der Waals surface area contributed by atoms with Gasteiger partial charge in [0.15, 0.2) is 0 Å². The highest BCUT2D eigenvalue weighted by Gasteiger charge is 2.19. The summed E-state index contributed by atoms with van der Waals surface area (Å²) in [6.07, 6.45) is 3.20. The number of nitrogens with one attached hydrogen (secondary N) is 1. The average Bonchev–Trinajstić information content (AvgIpc) is 3.21. The third-order valence-corrected chi connectivity index (χ3v) is 5.24. The molecular formula is C22H28N6O2. The average molecular weight is 409 g/mol. The molecule has 3 aromatic rings. The molecule has 1 aliphatic rings. The Hall–Kier alpha value is -3.00. The van der Waals surface area contributed by atoms with E-state index >= 15 is 0 Å². The van der Waals surface area contributed by atoms with Crippen LogP contribution >= 0.6 is 0 Å². The molecule has 0 bridgehead atoms. The third kappa shape index (κ3) is 4.76. The lowest BCUT2D eigenvalue weighted by Gasteiger charge is -2.31. The largest absolute Gasteiger partial charge is 0.391 e. The maximum absolute atomic E-state index is 9.89. The quantitative estimate of drug-likeness (QED) is 0.663. The molecule has 1 saturated heterocycles. The van der Waals surface area contributed by atoms with Crippen molar-refractivity contribution in [1.29, 1.82) is 0 Å². The standard InChI is InChI=1S/C22H28N6O2/c1-22(2,3)16-8-6-15(7-9-16)20-26-19(30-27-20)13-24-21-23-11-10-18(25-21)28-12-4-5-17(29)14-28/h6-11,17,29H,4-5,12-14H2,1-3H3,(H,23,24,25). The summed E-state index contributed by atoms with van der Waals surface area (Å²) in [7, 11) is 0. The van der Waals surface area contributed by atoms with E-state index in [1.54, 1.807) is 6.20 Å². The number of aromatic nitrogens is 4. The van der Waals surface area contributed by atoms with Gasteiger partial charge in [-0.3, -0.25) is 0 Å². The van der Waals surface area contributed by atoms with E-state index in [9.17, 15) is 5.11 Å². The highest BCUT2D eigenvalue weighted by atomic mass is 16.5. The topological polar surface area (TPSA) is 100 Å². The number of aliphatic hydroxyl groups excluding tert-OH is 1. The molecule has 0 spiro atoms. The first-order valence-corrected chi connectivity index (χ1v) is 10.3. The van der Waals surface area contributed by atoms with Crippen molar-refractivity contribution < 1.29 is 9.63 Å². The fourth-order valence-electron chi connectivity index (χ4n) is 3.49. The molecule has 1 aliphatic heterocycles. The molecule has 0 amide bonds. The lowest BCUT2D eigenvalue weighted by atomic mass is 9.87. The van der Waals surface area contributed by atoms with Crippen molar-refractivity contribution in [3.05, 3.63) is 48.0 Å². The predicted octanol–water partition coefficient (Wildman–Crippen LogP) is 3.40. The van der Waals surface area contributed by atoms with Gasteiger partial charge in [0, 0.05) is 24.8 Å². The van der Waals surface area contributed by atoms with Gasteiger partial charge in [0.1, 0.15) is 5.82 Å². The lowest BCUT2D eigenvalue weighted by molar-refractivity contribution is 0.154. The number of benzene rings is 1. The number of hydrogen-bond donors (Lipinski definition) is 2. The van der Waals surface area contributed by atoms with E-state index in [0.29, 0.717) is 30.8 Å². The van der Waals surface area contributed by atoms with Crippen LogP contribution in [0, 0.1) is 0 Å².